The summed E-state index contributed by atoms with van der Waals surface area (Å²) in [5.74, 6) is -0.417. The van der Waals surface area contributed by atoms with Gasteiger partial charge in [-0.15, -0.1) is 0 Å². The summed E-state index contributed by atoms with van der Waals surface area (Å²) in [6.07, 6.45) is -2.65. The molecule has 23 heavy (non-hydrogen) atoms. The summed E-state index contributed by atoms with van der Waals surface area (Å²) in [5, 5.41) is 0. The Balaban J connectivity index is 2.31. The van der Waals surface area contributed by atoms with Gasteiger partial charge in [0.2, 0.25) is 0 Å². The molecule has 2 rings (SSSR count). The van der Waals surface area contributed by atoms with E-state index < -0.39 is 17.7 Å². The van der Waals surface area contributed by atoms with E-state index in [1.807, 2.05) is 30.3 Å². The van der Waals surface area contributed by atoms with Crippen LogP contribution in [0.25, 0.3) is 11.6 Å². The van der Waals surface area contributed by atoms with Crippen LogP contribution in [0.3, 0.4) is 0 Å². The fourth-order valence-corrected chi connectivity index (χ4v) is 2.01. The third-order valence-corrected chi connectivity index (χ3v) is 3.15. The van der Waals surface area contributed by atoms with Crippen molar-refractivity contribution in [1.82, 2.24) is 0 Å². The molecule has 0 aliphatic heterocycles. The van der Waals surface area contributed by atoms with Crippen molar-refractivity contribution in [2.24, 2.45) is 0 Å². The zero-order valence-electron chi connectivity index (χ0n) is 12.4. The average Bonchev–Trinajstić information content (AvgIpc) is 2.51. The maximum atomic E-state index is 12.6. The summed E-state index contributed by atoms with van der Waals surface area (Å²) in [6.45, 7) is 1.36. The fraction of sp³-hybridized carbons (Fsp3) is 0.167. The van der Waals surface area contributed by atoms with Crippen LogP contribution in [0, 0.1) is 0 Å². The third kappa shape index (κ3) is 4.98. The van der Waals surface area contributed by atoms with Gasteiger partial charge in [-0.05, 0) is 34.9 Å². The summed E-state index contributed by atoms with van der Waals surface area (Å²) >= 11 is 0. The predicted molar refractivity (Wildman–Crippen MR) is 82.4 cm³/mol. The molecule has 120 valence electrons. The number of carbonyl (C=O) groups excluding carboxylic acids is 1. The highest BCUT2D eigenvalue weighted by atomic mass is 19.4. The molecule has 0 aliphatic carbocycles. The highest BCUT2D eigenvalue weighted by Crippen LogP contribution is 2.29. The number of alkyl halides is 3. The number of carbonyl (C=O) groups is 1. The second kappa shape index (κ2) is 7.13. The van der Waals surface area contributed by atoms with Gasteiger partial charge in [-0.25, -0.2) is 0 Å². The van der Waals surface area contributed by atoms with Gasteiger partial charge in [0.1, 0.15) is 6.61 Å². The van der Waals surface area contributed by atoms with Gasteiger partial charge in [0.05, 0.1) is 5.56 Å². The molecule has 2 aromatic rings. The third-order valence-electron chi connectivity index (χ3n) is 3.15. The molecule has 0 N–H and O–H groups in total. The van der Waals surface area contributed by atoms with Crippen LogP contribution in [0.1, 0.15) is 23.6 Å². The van der Waals surface area contributed by atoms with Gasteiger partial charge in [0, 0.05) is 6.92 Å². The lowest BCUT2D eigenvalue weighted by molar-refractivity contribution is -0.139. The van der Waals surface area contributed by atoms with Crippen LogP contribution in [-0.4, -0.2) is 12.6 Å². The monoisotopic (exact) mass is 320 g/mol. The van der Waals surface area contributed by atoms with E-state index in [2.05, 4.69) is 0 Å². The Morgan fingerprint density at radius 1 is 1.04 bits per heavy atom. The quantitative estimate of drug-likeness (QED) is 0.597. The van der Waals surface area contributed by atoms with Gasteiger partial charge < -0.3 is 4.74 Å². The number of hydrogen-bond acceptors (Lipinski definition) is 2. The Labute approximate surface area is 132 Å². The lowest BCUT2D eigenvalue weighted by Gasteiger charge is -2.10. The minimum Gasteiger partial charge on any atom is -0.461 e. The highest BCUT2D eigenvalue weighted by molar-refractivity contribution is 5.83. The first kappa shape index (κ1) is 16.8. The normalized spacial score (nSPS) is 12.1. The molecule has 0 bridgehead atoms. The van der Waals surface area contributed by atoms with Gasteiger partial charge in [-0.3, -0.25) is 4.79 Å². The van der Waals surface area contributed by atoms with Crippen LogP contribution in [0.15, 0.2) is 54.6 Å². The Morgan fingerprint density at radius 2 is 1.65 bits per heavy atom. The van der Waals surface area contributed by atoms with Gasteiger partial charge in [-0.1, -0.05) is 42.5 Å². The van der Waals surface area contributed by atoms with Crippen LogP contribution in [0.5, 0.6) is 0 Å². The van der Waals surface area contributed by atoms with Crippen molar-refractivity contribution < 1.29 is 22.7 Å². The van der Waals surface area contributed by atoms with Crippen molar-refractivity contribution in [2.45, 2.75) is 13.1 Å². The Kier molecular flexibility index (Phi) is 5.21. The van der Waals surface area contributed by atoms with Crippen LogP contribution >= 0.6 is 0 Å². The minimum absolute atomic E-state index is 0.0559. The molecule has 0 aliphatic rings. The minimum atomic E-state index is -4.36. The van der Waals surface area contributed by atoms with Crippen molar-refractivity contribution >= 4 is 17.6 Å². The molecular formula is C18H15F3O2. The van der Waals surface area contributed by atoms with Crippen molar-refractivity contribution in [3.8, 4) is 0 Å². The maximum Gasteiger partial charge on any atom is 0.416 e. The first-order valence-electron chi connectivity index (χ1n) is 6.93. The summed E-state index contributed by atoms with van der Waals surface area (Å²) in [5.41, 5.74) is 1.45. The molecule has 0 amide bonds. The van der Waals surface area contributed by atoms with Crippen molar-refractivity contribution in [1.29, 1.82) is 0 Å². The Hall–Kier alpha value is -2.56. The summed E-state index contributed by atoms with van der Waals surface area (Å²) < 4.78 is 42.8. The van der Waals surface area contributed by atoms with Crippen molar-refractivity contribution in [2.75, 3.05) is 6.61 Å². The van der Waals surface area contributed by atoms with Crippen LogP contribution < -0.4 is 0 Å². The van der Waals surface area contributed by atoms with E-state index in [1.54, 1.807) is 6.08 Å². The van der Waals surface area contributed by atoms with Crippen LogP contribution in [0.2, 0.25) is 0 Å². The van der Waals surface area contributed by atoms with Crippen LogP contribution in [0.4, 0.5) is 13.2 Å². The smallest absolute Gasteiger partial charge is 0.416 e. The maximum absolute atomic E-state index is 12.6. The average molecular weight is 320 g/mol. The molecule has 0 saturated heterocycles. The van der Waals surface area contributed by atoms with Crippen molar-refractivity contribution in [3.63, 3.8) is 0 Å². The summed E-state index contributed by atoms with van der Waals surface area (Å²) in [6, 6.07) is 14.1. The first-order valence-corrected chi connectivity index (χ1v) is 6.93. The van der Waals surface area contributed by atoms with Crippen molar-refractivity contribution in [3.05, 3.63) is 71.3 Å². The molecule has 2 nitrogen and oxygen atoms in total. The lowest BCUT2D eigenvalue weighted by atomic mass is 10.0. The zero-order chi connectivity index (χ0) is 16.9. The lowest BCUT2D eigenvalue weighted by Crippen LogP contribution is -2.04. The topological polar surface area (TPSA) is 26.3 Å². The summed E-state index contributed by atoms with van der Waals surface area (Å²) in [4.78, 5) is 11.0. The highest BCUT2D eigenvalue weighted by Gasteiger charge is 2.29. The Morgan fingerprint density at radius 3 is 2.17 bits per heavy atom. The predicted octanol–water partition coefficient (Wildman–Crippen LogP) is 4.81. The number of hydrogen-bond donors (Lipinski definition) is 0. The van der Waals surface area contributed by atoms with E-state index in [9.17, 15) is 18.0 Å². The van der Waals surface area contributed by atoms with Crippen LogP contribution in [-0.2, 0) is 15.7 Å². The van der Waals surface area contributed by atoms with Gasteiger partial charge >= 0.3 is 12.1 Å². The second-order valence-corrected chi connectivity index (χ2v) is 4.94. The van der Waals surface area contributed by atoms with Gasteiger partial charge in [-0.2, -0.15) is 13.2 Å². The molecule has 0 saturated carbocycles. The summed E-state index contributed by atoms with van der Waals surface area (Å²) in [7, 11) is 0. The number of esters is 1. The molecule has 0 aromatic heterocycles. The molecule has 0 radical (unpaired) electrons. The van der Waals surface area contributed by atoms with E-state index in [-0.39, 0.29) is 6.61 Å². The molecule has 0 unspecified atom stereocenters. The van der Waals surface area contributed by atoms with E-state index in [1.165, 1.54) is 19.1 Å². The first-order chi connectivity index (χ1) is 10.9. The van der Waals surface area contributed by atoms with Gasteiger partial charge in [0.15, 0.2) is 0 Å². The molecular weight excluding hydrogens is 305 g/mol. The molecule has 0 spiro atoms. The molecule has 0 fully saturated rings. The molecule has 5 heteroatoms. The fourth-order valence-electron chi connectivity index (χ4n) is 2.01. The van der Waals surface area contributed by atoms with E-state index >= 15 is 0 Å². The Bertz CT molecular complexity index is 686. The number of halogens is 3. The van der Waals surface area contributed by atoms with E-state index in [0.29, 0.717) is 11.1 Å². The molecule has 0 heterocycles. The number of benzene rings is 2. The number of rotatable bonds is 4. The largest absolute Gasteiger partial charge is 0.461 e. The second-order valence-electron chi connectivity index (χ2n) is 4.94. The molecule has 0 atom stereocenters. The zero-order valence-corrected chi connectivity index (χ0v) is 12.4. The van der Waals surface area contributed by atoms with E-state index in [4.69, 9.17) is 4.74 Å². The standard InChI is InChI=1S/C18H15F3O2/c1-13(22)23-12-16(15-5-3-2-4-6-15)11-14-7-9-17(10-8-14)18(19,20)21/h2-11H,12H2,1H3/b16-11-. The SMILES string of the molecule is CC(=O)OC/C(=C/c1ccc(C(F)(F)F)cc1)c1ccccc1. The number of ether oxygens (including phenoxy) is 1. The van der Waals surface area contributed by atoms with Gasteiger partial charge in [0.25, 0.3) is 0 Å². The van der Waals surface area contributed by atoms with E-state index in [0.717, 1.165) is 17.7 Å². The molecule has 2 aromatic carbocycles.